The number of rotatable bonds is 6. The van der Waals surface area contributed by atoms with Gasteiger partial charge in [-0.25, -0.2) is 9.18 Å². The first-order valence-electron chi connectivity index (χ1n) is 6.84. The average Bonchev–Trinajstić information content (AvgIpc) is 2.85. The second-order valence-electron chi connectivity index (χ2n) is 4.77. The lowest BCUT2D eigenvalue weighted by Gasteiger charge is -2.15. The summed E-state index contributed by atoms with van der Waals surface area (Å²) in [6, 6.07) is 3.76. The van der Waals surface area contributed by atoms with Crippen LogP contribution in [0.2, 0.25) is 0 Å². The molecule has 2 N–H and O–H groups in total. The third-order valence-electron chi connectivity index (χ3n) is 3.38. The highest BCUT2D eigenvalue weighted by atomic mass is 19.1. The van der Waals surface area contributed by atoms with Crippen molar-refractivity contribution in [2.24, 2.45) is 0 Å². The van der Waals surface area contributed by atoms with Gasteiger partial charge in [-0.2, -0.15) is 0 Å². The zero-order valence-electron chi connectivity index (χ0n) is 12.8. The Morgan fingerprint density at radius 3 is 2.78 bits per heavy atom. The van der Waals surface area contributed by atoms with Gasteiger partial charge in [-0.15, -0.1) is 0 Å². The van der Waals surface area contributed by atoms with Crippen LogP contribution in [0.3, 0.4) is 0 Å². The van der Waals surface area contributed by atoms with E-state index in [2.05, 4.69) is 10.1 Å². The normalized spacial score (nSPS) is 14.3. The minimum atomic E-state index is -0.651. The van der Waals surface area contributed by atoms with E-state index in [0.717, 1.165) is 6.07 Å². The molecule has 1 aliphatic heterocycles. The maximum atomic E-state index is 13.2. The molecule has 8 heteroatoms. The van der Waals surface area contributed by atoms with E-state index in [0.29, 0.717) is 5.69 Å². The average molecular weight is 324 g/mol. The number of carbonyl (C=O) groups is 2. The Labute approximate surface area is 132 Å². The molecule has 7 nitrogen and oxygen atoms in total. The lowest BCUT2D eigenvalue weighted by molar-refractivity contribution is -0.136. The number of aliphatic hydroxyl groups is 1. The summed E-state index contributed by atoms with van der Waals surface area (Å²) in [5.41, 5.74) is 0.497. The third kappa shape index (κ3) is 3.42. The van der Waals surface area contributed by atoms with Gasteiger partial charge in [-0.1, -0.05) is 0 Å². The van der Waals surface area contributed by atoms with Crippen LogP contribution in [0, 0.1) is 5.82 Å². The van der Waals surface area contributed by atoms with Crippen LogP contribution in [0.15, 0.2) is 29.5 Å². The van der Waals surface area contributed by atoms with Gasteiger partial charge in [-0.3, -0.25) is 4.79 Å². The van der Waals surface area contributed by atoms with Crippen molar-refractivity contribution >= 4 is 17.6 Å². The highest BCUT2D eigenvalue weighted by molar-refractivity contribution is 6.08. The van der Waals surface area contributed by atoms with Crippen molar-refractivity contribution in [1.82, 2.24) is 4.90 Å². The van der Waals surface area contributed by atoms with Gasteiger partial charge in [0.05, 0.1) is 38.6 Å². The maximum Gasteiger partial charge on any atom is 0.337 e. The van der Waals surface area contributed by atoms with Crippen molar-refractivity contribution in [2.75, 3.05) is 39.2 Å². The Balaban J connectivity index is 2.37. The molecule has 1 aromatic rings. The van der Waals surface area contributed by atoms with Crippen LogP contribution in [-0.4, -0.2) is 55.8 Å². The van der Waals surface area contributed by atoms with Gasteiger partial charge in [-0.05, 0) is 12.1 Å². The predicted molar refractivity (Wildman–Crippen MR) is 79.3 cm³/mol. The zero-order chi connectivity index (χ0) is 17.0. The summed E-state index contributed by atoms with van der Waals surface area (Å²) in [6.45, 7) is -0.115. The number of esters is 1. The highest BCUT2D eigenvalue weighted by Gasteiger charge is 2.34. The number of benzene rings is 1. The number of nitrogens with zero attached hydrogens (tertiary/aromatic N) is 1. The van der Waals surface area contributed by atoms with Gasteiger partial charge >= 0.3 is 5.97 Å². The molecule has 0 fully saturated rings. The number of hydrogen-bond donors (Lipinski definition) is 2. The van der Waals surface area contributed by atoms with E-state index in [-0.39, 0.29) is 36.7 Å². The van der Waals surface area contributed by atoms with Crippen molar-refractivity contribution in [3.8, 4) is 5.75 Å². The van der Waals surface area contributed by atoms with E-state index in [1.807, 2.05) is 0 Å². The van der Waals surface area contributed by atoms with Crippen molar-refractivity contribution in [3.63, 3.8) is 0 Å². The number of nitrogens with one attached hydrogen (secondary N) is 1. The Kier molecular flexibility index (Phi) is 5.17. The van der Waals surface area contributed by atoms with Crippen LogP contribution in [0.4, 0.5) is 10.1 Å². The molecule has 1 aromatic carbocycles. The smallest absolute Gasteiger partial charge is 0.337 e. The van der Waals surface area contributed by atoms with Gasteiger partial charge < -0.3 is 24.8 Å². The molecule has 2 rings (SSSR count). The number of β-amino-alcohol motifs (C(OH)–C–C–N with tert-alkyl or cyclic N) is 1. The summed E-state index contributed by atoms with van der Waals surface area (Å²) in [5, 5.41) is 11.8. The number of carbonyl (C=O) groups excluding carboxylic acids is 2. The summed E-state index contributed by atoms with van der Waals surface area (Å²) in [6.07, 6.45) is 0. The van der Waals surface area contributed by atoms with E-state index >= 15 is 0 Å². The minimum Gasteiger partial charge on any atom is -0.494 e. The quantitative estimate of drug-likeness (QED) is 0.741. The minimum absolute atomic E-state index is 0.0233. The summed E-state index contributed by atoms with van der Waals surface area (Å²) in [4.78, 5) is 25.5. The molecule has 0 atom stereocenters. The molecular weight excluding hydrogens is 307 g/mol. The molecule has 0 radical (unpaired) electrons. The third-order valence-corrected chi connectivity index (χ3v) is 3.38. The van der Waals surface area contributed by atoms with Crippen LogP contribution in [0.5, 0.6) is 5.75 Å². The van der Waals surface area contributed by atoms with Gasteiger partial charge in [0.2, 0.25) is 0 Å². The van der Waals surface area contributed by atoms with Crippen LogP contribution in [-0.2, 0) is 14.3 Å². The second kappa shape index (κ2) is 7.10. The Hall–Kier alpha value is -2.61. The molecular formula is C15H17FN2O5. The first kappa shape index (κ1) is 16.8. The number of ether oxygens (including phenoxy) is 2. The van der Waals surface area contributed by atoms with E-state index < -0.39 is 17.7 Å². The van der Waals surface area contributed by atoms with Gasteiger partial charge in [0.25, 0.3) is 5.91 Å². The van der Waals surface area contributed by atoms with Gasteiger partial charge in [0, 0.05) is 12.6 Å². The van der Waals surface area contributed by atoms with E-state index in [1.54, 1.807) is 0 Å². The molecule has 1 aliphatic rings. The topological polar surface area (TPSA) is 88.1 Å². The molecule has 0 saturated heterocycles. The van der Waals surface area contributed by atoms with E-state index in [9.17, 15) is 14.0 Å². The summed E-state index contributed by atoms with van der Waals surface area (Å²) >= 11 is 0. The first-order valence-corrected chi connectivity index (χ1v) is 6.84. The molecule has 0 unspecified atom stereocenters. The van der Waals surface area contributed by atoms with Gasteiger partial charge in [0.15, 0.2) is 0 Å². The number of amides is 1. The monoisotopic (exact) mass is 324 g/mol. The number of aliphatic hydroxyl groups excluding tert-OH is 1. The summed E-state index contributed by atoms with van der Waals surface area (Å²) in [7, 11) is 2.58. The van der Waals surface area contributed by atoms with Crippen molar-refractivity contribution in [2.45, 2.75) is 0 Å². The summed E-state index contributed by atoms with van der Waals surface area (Å²) < 4.78 is 23.0. The zero-order valence-corrected chi connectivity index (χ0v) is 12.8. The predicted octanol–water partition coefficient (Wildman–Crippen LogP) is 0.508. The standard InChI is InChI=1S/C15H17FN2O5/c1-22-12-7-9(16)3-4-11(12)17-13-10(15(21)23-2)8-18(5-6-19)14(13)20/h3-4,7,17,19H,5-6,8H2,1-2H3. The summed E-state index contributed by atoms with van der Waals surface area (Å²) in [5.74, 6) is -1.41. The first-order chi connectivity index (χ1) is 11.0. The molecule has 0 spiro atoms. The van der Waals surface area contributed by atoms with Crippen LogP contribution < -0.4 is 10.1 Å². The fourth-order valence-corrected chi connectivity index (χ4v) is 2.25. The van der Waals surface area contributed by atoms with Crippen molar-refractivity contribution < 1.29 is 28.6 Å². The van der Waals surface area contributed by atoms with Crippen LogP contribution in [0.1, 0.15) is 0 Å². The fourth-order valence-electron chi connectivity index (χ4n) is 2.25. The molecule has 0 saturated carbocycles. The molecule has 1 heterocycles. The van der Waals surface area contributed by atoms with Crippen molar-refractivity contribution in [1.29, 1.82) is 0 Å². The van der Waals surface area contributed by atoms with Gasteiger partial charge in [0.1, 0.15) is 17.3 Å². The molecule has 0 bridgehead atoms. The number of halogens is 1. The Bertz CT molecular complexity index is 659. The molecule has 0 aromatic heterocycles. The fraction of sp³-hybridized carbons (Fsp3) is 0.333. The lowest BCUT2D eigenvalue weighted by Crippen LogP contribution is -2.31. The van der Waals surface area contributed by atoms with Crippen molar-refractivity contribution in [3.05, 3.63) is 35.3 Å². The Morgan fingerprint density at radius 1 is 1.43 bits per heavy atom. The SMILES string of the molecule is COC(=O)C1=C(Nc2ccc(F)cc2OC)C(=O)N(CCO)C1. The number of anilines is 1. The van der Waals surface area contributed by atoms with E-state index in [4.69, 9.17) is 9.84 Å². The van der Waals surface area contributed by atoms with Crippen LogP contribution >= 0.6 is 0 Å². The molecule has 124 valence electrons. The highest BCUT2D eigenvalue weighted by Crippen LogP contribution is 2.29. The molecule has 1 amide bonds. The number of hydrogen-bond acceptors (Lipinski definition) is 6. The molecule has 23 heavy (non-hydrogen) atoms. The second-order valence-corrected chi connectivity index (χ2v) is 4.77. The Morgan fingerprint density at radius 2 is 2.17 bits per heavy atom. The number of methoxy groups -OCH3 is 2. The largest absolute Gasteiger partial charge is 0.494 e. The lowest BCUT2D eigenvalue weighted by atomic mass is 10.2. The van der Waals surface area contributed by atoms with Crippen LogP contribution in [0.25, 0.3) is 0 Å². The molecule has 0 aliphatic carbocycles. The van der Waals surface area contributed by atoms with E-state index in [1.165, 1.54) is 31.3 Å². The maximum absolute atomic E-state index is 13.2.